The lowest BCUT2D eigenvalue weighted by Gasteiger charge is -2.30. The maximum atomic E-state index is 12.5. The minimum absolute atomic E-state index is 0.198. The first-order valence-corrected chi connectivity index (χ1v) is 7.36. The Balaban J connectivity index is 2.80. The molecule has 0 N–H and O–H groups in total. The minimum Gasteiger partial charge on any atom is -0.368 e. The number of carbonyl (C=O) groups is 1. The monoisotopic (exact) mass is 262 g/mol. The van der Waals surface area contributed by atoms with Gasteiger partial charge >= 0.3 is 0 Å². The third kappa shape index (κ3) is 3.90. The van der Waals surface area contributed by atoms with Crippen LogP contribution in [0, 0.1) is 0 Å². The van der Waals surface area contributed by atoms with E-state index in [2.05, 4.69) is 31.2 Å². The first-order chi connectivity index (χ1) is 9.11. The van der Waals surface area contributed by atoms with E-state index in [-0.39, 0.29) is 5.78 Å². The molecule has 0 radical (unpaired) electrons. The molecule has 0 atom stereocenters. The van der Waals surface area contributed by atoms with Crippen LogP contribution < -0.4 is 0 Å². The first-order valence-electron chi connectivity index (χ1n) is 7.36. The summed E-state index contributed by atoms with van der Waals surface area (Å²) in [5.74, 6) is 0.198. The zero-order chi connectivity index (χ0) is 14.3. The Labute approximate surface area is 117 Å². The molecular weight excluding hydrogens is 236 g/mol. The number of hydrogen-bond donors (Lipinski definition) is 0. The fourth-order valence-electron chi connectivity index (χ4n) is 2.44. The van der Waals surface area contributed by atoms with E-state index in [1.165, 1.54) is 5.56 Å². The molecule has 0 aliphatic heterocycles. The van der Waals surface area contributed by atoms with Gasteiger partial charge in [-0.3, -0.25) is 4.79 Å². The second-order valence-electron chi connectivity index (χ2n) is 4.90. The van der Waals surface area contributed by atoms with Gasteiger partial charge in [-0.05, 0) is 37.3 Å². The largest absolute Gasteiger partial charge is 0.368 e. The molecule has 106 valence electrons. The fourth-order valence-corrected chi connectivity index (χ4v) is 2.44. The normalized spacial score (nSPS) is 11.6. The van der Waals surface area contributed by atoms with Crippen LogP contribution in [0.4, 0.5) is 0 Å². The molecule has 19 heavy (non-hydrogen) atoms. The lowest BCUT2D eigenvalue weighted by molar-refractivity contribution is -0.144. The van der Waals surface area contributed by atoms with E-state index in [4.69, 9.17) is 4.74 Å². The molecule has 0 saturated heterocycles. The number of Topliss-reactive ketones (excluding diaryl/α,β-unsaturated/α-hetero) is 1. The third-order valence-electron chi connectivity index (χ3n) is 3.87. The van der Waals surface area contributed by atoms with Crippen LogP contribution in [0.25, 0.3) is 0 Å². The van der Waals surface area contributed by atoms with Crippen LogP contribution in [-0.4, -0.2) is 18.0 Å². The summed E-state index contributed by atoms with van der Waals surface area (Å²) in [7, 11) is 0. The zero-order valence-electron chi connectivity index (χ0n) is 12.7. The summed E-state index contributed by atoms with van der Waals surface area (Å²) in [6.07, 6.45) is 2.97. The number of rotatable bonds is 8. The minimum atomic E-state index is -0.599. The number of carbonyl (C=O) groups excluding carboxylic acids is 1. The molecule has 2 heteroatoms. The Kier molecular flexibility index (Phi) is 6.23. The van der Waals surface area contributed by atoms with Crippen molar-refractivity contribution < 1.29 is 9.53 Å². The van der Waals surface area contributed by atoms with Gasteiger partial charge in [-0.25, -0.2) is 0 Å². The molecule has 0 amide bonds. The number of ketones is 1. The van der Waals surface area contributed by atoms with Crippen LogP contribution in [-0.2, 0) is 22.4 Å². The van der Waals surface area contributed by atoms with Gasteiger partial charge in [0.05, 0.1) is 0 Å². The quantitative estimate of drug-likeness (QED) is 0.709. The summed E-state index contributed by atoms with van der Waals surface area (Å²) in [4.78, 5) is 12.5. The zero-order valence-corrected chi connectivity index (χ0v) is 12.7. The van der Waals surface area contributed by atoms with Gasteiger partial charge in [0.15, 0.2) is 5.78 Å². The second kappa shape index (κ2) is 7.44. The van der Waals surface area contributed by atoms with E-state index >= 15 is 0 Å². The van der Waals surface area contributed by atoms with Crippen LogP contribution >= 0.6 is 0 Å². The standard InChI is InChI=1S/C17H26O2/c1-5-14-9-11-15(12-10-14)13-16(18)17(6-2,7-3)19-8-4/h9-12H,5-8,13H2,1-4H3. The molecule has 1 aromatic carbocycles. The molecule has 1 aromatic rings. The van der Waals surface area contributed by atoms with Crippen molar-refractivity contribution in [2.75, 3.05) is 6.61 Å². The topological polar surface area (TPSA) is 26.3 Å². The highest BCUT2D eigenvalue weighted by atomic mass is 16.5. The van der Waals surface area contributed by atoms with E-state index in [1.807, 2.05) is 20.8 Å². The van der Waals surface area contributed by atoms with Gasteiger partial charge in [0.25, 0.3) is 0 Å². The summed E-state index contributed by atoms with van der Waals surface area (Å²) in [5, 5.41) is 0. The number of aryl methyl sites for hydroxylation is 1. The van der Waals surface area contributed by atoms with Crippen LogP contribution in [0.2, 0.25) is 0 Å². The molecule has 0 bridgehead atoms. The molecule has 0 saturated carbocycles. The van der Waals surface area contributed by atoms with E-state index in [0.717, 1.165) is 24.8 Å². The lowest BCUT2D eigenvalue weighted by atomic mass is 9.88. The molecular formula is C17H26O2. The molecule has 1 rings (SSSR count). The van der Waals surface area contributed by atoms with Crippen LogP contribution in [0.15, 0.2) is 24.3 Å². The van der Waals surface area contributed by atoms with Gasteiger partial charge < -0.3 is 4.74 Å². The third-order valence-corrected chi connectivity index (χ3v) is 3.87. The average molecular weight is 262 g/mol. The van der Waals surface area contributed by atoms with Crippen LogP contribution in [0.1, 0.15) is 51.7 Å². The predicted octanol–water partition coefficient (Wildman–Crippen LogP) is 3.96. The number of benzene rings is 1. The molecule has 0 aliphatic rings. The smallest absolute Gasteiger partial charge is 0.168 e. The van der Waals surface area contributed by atoms with Crippen molar-refractivity contribution in [3.8, 4) is 0 Å². The van der Waals surface area contributed by atoms with E-state index in [0.29, 0.717) is 13.0 Å². The number of ether oxygens (including phenoxy) is 1. The number of hydrogen-bond acceptors (Lipinski definition) is 2. The molecule has 0 unspecified atom stereocenters. The van der Waals surface area contributed by atoms with Crippen molar-refractivity contribution in [1.29, 1.82) is 0 Å². The average Bonchev–Trinajstić information content (AvgIpc) is 2.45. The van der Waals surface area contributed by atoms with Crippen molar-refractivity contribution in [1.82, 2.24) is 0 Å². The second-order valence-corrected chi connectivity index (χ2v) is 4.90. The van der Waals surface area contributed by atoms with Crippen molar-refractivity contribution in [3.63, 3.8) is 0 Å². The van der Waals surface area contributed by atoms with Gasteiger partial charge in [-0.1, -0.05) is 45.0 Å². The van der Waals surface area contributed by atoms with Crippen molar-refractivity contribution in [3.05, 3.63) is 35.4 Å². The fraction of sp³-hybridized carbons (Fsp3) is 0.588. The predicted molar refractivity (Wildman–Crippen MR) is 79.5 cm³/mol. The molecule has 0 fully saturated rings. The Morgan fingerprint density at radius 1 is 1.00 bits per heavy atom. The van der Waals surface area contributed by atoms with Crippen molar-refractivity contribution in [2.24, 2.45) is 0 Å². The maximum Gasteiger partial charge on any atom is 0.168 e. The highest BCUT2D eigenvalue weighted by molar-refractivity contribution is 5.89. The van der Waals surface area contributed by atoms with Crippen molar-refractivity contribution >= 4 is 5.78 Å². The van der Waals surface area contributed by atoms with E-state index in [9.17, 15) is 4.79 Å². The molecule has 0 aromatic heterocycles. The van der Waals surface area contributed by atoms with Gasteiger partial charge in [-0.15, -0.1) is 0 Å². The highest BCUT2D eigenvalue weighted by Crippen LogP contribution is 2.24. The molecule has 0 spiro atoms. The molecule has 0 heterocycles. The Bertz CT molecular complexity index is 388. The maximum absolute atomic E-state index is 12.5. The van der Waals surface area contributed by atoms with Crippen LogP contribution in [0.3, 0.4) is 0 Å². The van der Waals surface area contributed by atoms with E-state index < -0.39 is 5.60 Å². The first kappa shape index (κ1) is 15.9. The summed E-state index contributed by atoms with van der Waals surface area (Å²) < 4.78 is 5.76. The van der Waals surface area contributed by atoms with Gasteiger partial charge in [0.1, 0.15) is 5.60 Å². The van der Waals surface area contributed by atoms with Gasteiger partial charge in [-0.2, -0.15) is 0 Å². The SMILES string of the molecule is CCOC(CC)(CC)C(=O)Cc1ccc(CC)cc1. The van der Waals surface area contributed by atoms with Crippen LogP contribution in [0.5, 0.6) is 0 Å². The summed E-state index contributed by atoms with van der Waals surface area (Å²) in [6, 6.07) is 8.31. The van der Waals surface area contributed by atoms with Crippen molar-refractivity contribution in [2.45, 2.75) is 59.0 Å². The summed E-state index contributed by atoms with van der Waals surface area (Å²) in [5.41, 5.74) is 1.78. The molecule has 2 nitrogen and oxygen atoms in total. The Morgan fingerprint density at radius 3 is 1.95 bits per heavy atom. The van der Waals surface area contributed by atoms with E-state index in [1.54, 1.807) is 0 Å². The summed E-state index contributed by atoms with van der Waals surface area (Å²) >= 11 is 0. The lowest BCUT2D eigenvalue weighted by Crippen LogP contribution is -2.41. The Morgan fingerprint density at radius 2 is 1.53 bits per heavy atom. The molecule has 0 aliphatic carbocycles. The summed E-state index contributed by atoms with van der Waals surface area (Å²) in [6.45, 7) is 8.72. The highest BCUT2D eigenvalue weighted by Gasteiger charge is 2.34. The van der Waals surface area contributed by atoms with Gasteiger partial charge in [0.2, 0.25) is 0 Å². The Hall–Kier alpha value is -1.15. The van der Waals surface area contributed by atoms with Gasteiger partial charge in [0, 0.05) is 13.0 Å².